The molecule has 0 spiro atoms. The average molecular weight is 509 g/mol. The number of amides is 1. The van der Waals surface area contributed by atoms with Gasteiger partial charge in [-0.2, -0.15) is 5.10 Å². The normalized spacial score (nSPS) is 17.1. The number of sulfone groups is 1. The lowest BCUT2D eigenvalue weighted by molar-refractivity contribution is 0.102. The molecule has 2 aromatic carbocycles. The van der Waals surface area contributed by atoms with Crippen molar-refractivity contribution < 1.29 is 13.2 Å². The molecule has 1 fully saturated rings. The highest BCUT2D eigenvalue weighted by molar-refractivity contribution is 7.91. The zero-order chi connectivity index (χ0) is 24.9. The molecule has 7 nitrogen and oxygen atoms in total. The van der Waals surface area contributed by atoms with E-state index in [9.17, 15) is 13.2 Å². The molecule has 0 radical (unpaired) electrons. The summed E-state index contributed by atoms with van der Waals surface area (Å²) in [5.41, 5.74) is 5.64. The summed E-state index contributed by atoms with van der Waals surface area (Å²) in [6.45, 7) is 5.72. The lowest BCUT2D eigenvalue weighted by atomic mass is 10.0. The van der Waals surface area contributed by atoms with Gasteiger partial charge < -0.3 is 5.32 Å². The molecule has 1 atom stereocenters. The number of anilines is 1. The van der Waals surface area contributed by atoms with Gasteiger partial charge in [0.25, 0.3) is 5.91 Å². The smallest absolute Gasteiger partial charge is 0.256 e. The molecule has 3 heterocycles. The van der Waals surface area contributed by atoms with Crippen molar-refractivity contribution >= 4 is 44.1 Å². The highest BCUT2D eigenvalue weighted by Crippen LogP contribution is 2.32. The van der Waals surface area contributed by atoms with E-state index in [1.807, 2.05) is 51.1 Å². The van der Waals surface area contributed by atoms with Gasteiger partial charge in [-0.05, 0) is 51.0 Å². The van der Waals surface area contributed by atoms with Gasteiger partial charge in [-0.3, -0.25) is 4.79 Å². The Morgan fingerprint density at radius 1 is 1.09 bits per heavy atom. The molecule has 1 unspecified atom stereocenters. The molecule has 0 bridgehead atoms. The van der Waals surface area contributed by atoms with E-state index in [1.165, 1.54) is 0 Å². The number of carbonyl (C=O) groups excluding carboxylic acids is 1. The Bertz CT molecular complexity index is 1580. The van der Waals surface area contributed by atoms with Gasteiger partial charge >= 0.3 is 0 Å². The van der Waals surface area contributed by atoms with Crippen LogP contribution in [0.4, 0.5) is 5.69 Å². The first kappa shape index (κ1) is 23.5. The number of hydrogen-bond donors (Lipinski definition) is 1. The van der Waals surface area contributed by atoms with Gasteiger partial charge in [-0.25, -0.2) is 18.1 Å². The van der Waals surface area contributed by atoms with Gasteiger partial charge in [-0.1, -0.05) is 47.5 Å². The lowest BCUT2D eigenvalue weighted by Gasteiger charge is -2.13. The first-order valence-electron chi connectivity index (χ1n) is 11.4. The molecule has 9 heteroatoms. The van der Waals surface area contributed by atoms with Crippen LogP contribution in [0.3, 0.4) is 0 Å². The van der Waals surface area contributed by atoms with Crippen LogP contribution in [0.5, 0.6) is 0 Å². The molecule has 1 aliphatic rings. The molecular weight excluding hydrogens is 484 g/mol. The second kappa shape index (κ2) is 8.77. The molecule has 2 aromatic heterocycles. The van der Waals surface area contributed by atoms with Crippen LogP contribution in [0.1, 0.15) is 39.6 Å². The standard InChI is InChI=1S/C26H25ClN4O3S/c1-15-4-7-18(8-5-15)23-13-21(26(32)28-19-9-6-16(2)22(27)12-19)24-17(3)30-31(25(24)29-23)20-10-11-35(33,34)14-20/h4-9,12-13,20H,10-11,14H2,1-3H3,(H,28,32). The van der Waals surface area contributed by atoms with E-state index in [4.69, 9.17) is 16.6 Å². The Kier molecular flexibility index (Phi) is 5.89. The molecule has 5 rings (SSSR count). The molecule has 4 aromatic rings. The third-order valence-corrected chi connectivity index (χ3v) is 8.57. The first-order valence-corrected chi connectivity index (χ1v) is 13.6. The minimum Gasteiger partial charge on any atom is -0.322 e. The fourth-order valence-electron chi connectivity index (χ4n) is 4.46. The molecule has 180 valence electrons. The third-order valence-electron chi connectivity index (χ3n) is 6.41. The fourth-order valence-corrected chi connectivity index (χ4v) is 6.33. The second-order valence-electron chi connectivity index (χ2n) is 9.12. The van der Waals surface area contributed by atoms with Crippen LogP contribution in [0.15, 0.2) is 48.5 Å². The molecule has 0 aliphatic carbocycles. The Balaban J connectivity index is 1.67. The lowest BCUT2D eigenvalue weighted by Crippen LogP contribution is -2.15. The van der Waals surface area contributed by atoms with Crippen molar-refractivity contribution in [2.24, 2.45) is 0 Å². The maximum Gasteiger partial charge on any atom is 0.256 e. The Morgan fingerprint density at radius 2 is 1.83 bits per heavy atom. The van der Waals surface area contributed by atoms with E-state index in [0.29, 0.717) is 45.1 Å². The summed E-state index contributed by atoms with van der Waals surface area (Å²) in [6, 6.07) is 14.7. The summed E-state index contributed by atoms with van der Waals surface area (Å²) < 4.78 is 26.0. The fraction of sp³-hybridized carbons (Fsp3) is 0.269. The highest BCUT2D eigenvalue weighted by Gasteiger charge is 2.32. The van der Waals surface area contributed by atoms with Crippen LogP contribution in [-0.4, -0.2) is 40.6 Å². The number of halogens is 1. The van der Waals surface area contributed by atoms with Crippen LogP contribution in [0, 0.1) is 20.8 Å². The van der Waals surface area contributed by atoms with Crippen LogP contribution >= 0.6 is 11.6 Å². The molecule has 0 saturated carbocycles. The van der Waals surface area contributed by atoms with Crippen molar-refractivity contribution in [3.05, 3.63) is 75.9 Å². The molecular formula is C26H25ClN4O3S. The zero-order valence-electron chi connectivity index (χ0n) is 19.7. The Labute approximate surface area is 209 Å². The molecule has 35 heavy (non-hydrogen) atoms. The van der Waals surface area contributed by atoms with Gasteiger partial charge in [0.1, 0.15) is 0 Å². The summed E-state index contributed by atoms with van der Waals surface area (Å²) in [5, 5.41) is 8.77. The van der Waals surface area contributed by atoms with Gasteiger partial charge in [-0.15, -0.1) is 0 Å². The predicted octanol–water partition coefficient (Wildman–Crippen LogP) is 5.29. The summed E-state index contributed by atoms with van der Waals surface area (Å²) in [4.78, 5) is 18.4. The van der Waals surface area contributed by atoms with Gasteiger partial charge in [0.05, 0.1) is 39.9 Å². The SMILES string of the molecule is Cc1ccc(-c2cc(C(=O)Nc3ccc(C)c(Cl)c3)c3c(C)nn(C4CCS(=O)(=O)C4)c3n2)cc1. The monoisotopic (exact) mass is 508 g/mol. The van der Waals surface area contributed by atoms with Crippen LogP contribution < -0.4 is 5.32 Å². The Hall–Kier alpha value is -3.23. The van der Waals surface area contributed by atoms with Crippen molar-refractivity contribution in [2.45, 2.75) is 33.2 Å². The third kappa shape index (κ3) is 4.56. The minimum atomic E-state index is -3.13. The summed E-state index contributed by atoms with van der Waals surface area (Å²) in [5.74, 6) is -0.173. The number of aromatic nitrogens is 3. The quantitative estimate of drug-likeness (QED) is 0.404. The number of hydrogen-bond acceptors (Lipinski definition) is 5. The minimum absolute atomic E-state index is 0.0169. The largest absolute Gasteiger partial charge is 0.322 e. The molecule has 1 aliphatic heterocycles. The number of pyridine rings is 1. The number of benzene rings is 2. The molecule has 1 N–H and O–H groups in total. The maximum absolute atomic E-state index is 13.5. The van der Waals surface area contributed by atoms with Gasteiger partial charge in [0, 0.05) is 16.3 Å². The number of fused-ring (bicyclic) bond motifs is 1. The first-order chi connectivity index (χ1) is 16.6. The number of nitrogens with zero attached hydrogens (tertiary/aromatic N) is 3. The maximum atomic E-state index is 13.5. The predicted molar refractivity (Wildman–Crippen MR) is 139 cm³/mol. The average Bonchev–Trinajstić information content (AvgIpc) is 3.35. The van der Waals surface area contributed by atoms with E-state index in [-0.39, 0.29) is 23.5 Å². The number of carbonyl (C=O) groups is 1. The van der Waals surface area contributed by atoms with Crippen LogP contribution in [0.2, 0.25) is 5.02 Å². The van der Waals surface area contributed by atoms with Gasteiger partial charge in [0.2, 0.25) is 0 Å². The van der Waals surface area contributed by atoms with Crippen molar-refractivity contribution in [1.29, 1.82) is 0 Å². The van der Waals surface area contributed by atoms with Crippen molar-refractivity contribution in [1.82, 2.24) is 14.8 Å². The topological polar surface area (TPSA) is 94.0 Å². The number of nitrogens with one attached hydrogen (secondary N) is 1. The molecule has 1 saturated heterocycles. The van der Waals surface area contributed by atoms with Gasteiger partial charge in [0.15, 0.2) is 15.5 Å². The Morgan fingerprint density at radius 3 is 2.49 bits per heavy atom. The van der Waals surface area contributed by atoms with Crippen LogP contribution in [-0.2, 0) is 9.84 Å². The zero-order valence-corrected chi connectivity index (χ0v) is 21.2. The second-order valence-corrected chi connectivity index (χ2v) is 11.8. The summed E-state index contributed by atoms with van der Waals surface area (Å²) >= 11 is 6.26. The molecule has 1 amide bonds. The van der Waals surface area contributed by atoms with E-state index in [1.54, 1.807) is 22.9 Å². The van der Waals surface area contributed by atoms with Crippen LogP contribution in [0.25, 0.3) is 22.3 Å². The van der Waals surface area contributed by atoms with Crippen molar-refractivity contribution in [2.75, 3.05) is 16.8 Å². The van der Waals surface area contributed by atoms with Crippen molar-refractivity contribution in [3.8, 4) is 11.3 Å². The number of rotatable bonds is 4. The summed E-state index contributed by atoms with van der Waals surface area (Å²) in [6.07, 6.45) is 0.471. The highest BCUT2D eigenvalue weighted by atomic mass is 35.5. The van der Waals surface area contributed by atoms with E-state index < -0.39 is 9.84 Å². The number of aryl methyl sites for hydroxylation is 3. The van der Waals surface area contributed by atoms with E-state index in [0.717, 1.165) is 16.7 Å². The van der Waals surface area contributed by atoms with E-state index >= 15 is 0 Å². The summed E-state index contributed by atoms with van der Waals surface area (Å²) in [7, 11) is -3.13. The van der Waals surface area contributed by atoms with E-state index in [2.05, 4.69) is 10.4 Å². The van der Waals surface area contributed by atoms with Crippen molar-refractivity contribution in [3.63, 3.8) is 0 Å².